The van der Waals surface area contributed by atoms with E-state index in [1.165, 1.54) is 38.5 Å². The Morgan fingerprint density at radius 2 is 2.18 bits per heavy atom. The lowest BCUT2D eigenvalue weighted by molar-refractivity contribution is 0.309. The Morgan fingerprint density at radius 1 is 1.29 bits per heavy atom. The van der Waals surface area contributed by atoms with Crippen LogP contribution in [0.1, 0.15) is 50.2 Å². The van der Waals surface area contributed by atoms with Crippen LogP contribution in [0.15, 0.2) is 18.2 Å². The van der Waals surface area contributed by atoms with E-state index in [1.54, 1.807) is 18.2 Å². The monoisotopic (exact) mass is 230 g/mol. The summed E-state index contributed by atoms with van der Waals surface area (Å²) in [5.41, 5.74) is 3.55. The molecule has 2 aliphatic carbocycles. The second-order valence-electron chi connectivity index (χ2n) is 6.10. The van der Waals surface area contributed by atoms with Gasteiger partial charge < -0.3 is 4.74 Å². The van der Waals surface area contributed by atoms with Gasteiger partial charge >= 0.3 is 0 Å². The minimum atomic E-state index is 0.406. The normalized spacial score (nSPS) is 31.5. The summed E-state index contributed by atoms with van der Waals surface area (Å²) in [7, 11) is 1.77. The molecule has 1 aromatic carbocycles. The molecule has 0 amide bonds. The molecular formula is C16H22O. The van der Waals surface area contributed by atoms with Crippen molar-refractivity contribution >= 4 is 0 Å². The zero-order valence-electron chi connectivity index (χ0n) is 11.0. The van der Waals surface area contributed by atoms with Crippen LogP contribution in [0.2, 0.25) is 0 Å². The highest BCUT2D eigenvalue weighted by Gasteiger charge is 2.37. The number of ether oxygens (including phenoxy) is 1. The highest BCUT2D eigenvalue weighted by Crippen LogP contribution is 2.47. The summed E-state index contributed by atoms with van der Waals surface area (Å²) in [6.07, 6.45) is 8.27. The van der Waals surface area contributed by atoms with Crippen LogP contribution in [0.4, 0.5) is 0 Å². The van der Waals surface area contributed by atoms with Gasteiger partial charge in [-0.3, -0.25) is 0 Å². The molecule has 2 bridgehead atoms. The molecule has 0 heterocycles. The number of rotatable bonds is 1. The lowest BCUT2D eigenvalue weighted by atomic mass is 9.66. The molecular weight excluding hydrogens is 208 g/mol. The molecule has 2 aliphatic rings. The molecule has 1 saturated carbocycles. The Kier molecular flexibility index (Phi) is 2.65. The van der Waals surface area contributed by atoms with E-state index in [1.807, 2.05) is 0 Å². The van der Waals surface area contributed by atoms with E-state index < -0.39 is 0 Å². The van der Waals surface area contributed by atoms with Crippen LogP contribution in [-0.4, -0.2) is 7.11 Å². The van der Waals surface area contributed by atoms with Gasteiger partial charge in [0.2, 0.25) is 0 Å². The van der Waals surface area contributed by atoms with Crippen LogP contribution in [-0.2, 0) is 11.8 Å². The minimum Gasteiger partial charge on any atom is -0.497 e. The SMILES string of the molecule is COc1ccc2c(c1)[C@@]1(C)CCCCC(C2)C1. The van der Waals surface area contributed by atoms with Crippen molar-refractivity contribution in [1.29, 1.82) is 0 Å². The lowest BCUT2D eigenvalue weighted by Gasteiger charge is -2.38. The fourth-order valence-corrected chi connectivity index (χ4v) is 3.94. The average Bonchev–Trinajstić information content (AvgIpc) is 2.49. The molecule has 1 unspecified atom stereocenters. The summed E-state index contributed by atoms with van der Waals surface area (Å²) < 4.78 is 5.39. The maximum absolute atomic E-state index is 5.39. The topological polar surface area (TPSA) is 9.23 Å². The Labute approximate surface area is 104 Å². The number of hydrogen-bond donors (Lipinski definition) is 0. The average molecular weight is 230 g/mol. The van der Waals surface area contributed by atoms with E-state index in [2.05, 4.69) is 25.1 Å². The van der Waals surface area contributed by atoms with Gasteiger partial charge in [0.1, 0.15) is 5.75 Å². The molecule has 3 rings (SSSR count). The Hall–Kier alpha value is -0.980. The fourth-order valence-electron chi connectivity index (χ4n) is 3.94. The Balaban J connectivity index is 2.08. The largest absolute Gasteiger partial charge is 0.497 e. The van der Waals surface area contributed by atoms with Crippen molar-refractivity contribution in [1.82, 2.24) is 0 Å². The van der Waals surface area contributed by atoms with Crippen LogP contribution in [0.25, 0.3) is 0 Å². The fraction of sp³-hybridized carbons (Fsp3) is 0.625. The highest BCUT2D eigenvalue weighted by atomic mass is 16.5. The molecule has 1 fully saturated rings. The summed E-state index contributed by atoms with van der Waals surface area (Å²) in [4.78, 5) is 0. The van der Waals surface area contributed by atoms with Crippen molar-refractivity contribution in [3.63, 3.8) is 0 Å². The van der Waals surface area contributed by atoms with Crippen molar-refractivity contribution in [3.8, 4) is 5.75 Å². The first kappa shape index (κ1) is 11.1. The first-order valence-corrected chi connectivity index (χ1v) is 6.89. The van der Waals surface area contributed by atoms with Gasteiger partial charge in [-0.2, -0.15) is 0 Å². The molecule has 0 radical (unpaired) electrons. The van der Waals surface area contributed by atoms with Gasteiger partial charge in [-0.25, -0.2) is 0 Å². The van der Waals surface area contributed by atoms with Crippen LogP contribution in [0.5, 0.6) is 5.75 Å². The van der Waals surface area contributed by atoms with E-state index in [0.717, 1.165) is 11.7 Å². The number of benzene rings is 1. The number of methoxy groups -OCH3 is 1. The summed E-state index contributed by atoms with van der Waals surface area (Å²) in [5.74, 6) is 1.94. The van der Waals surface area contributed by atoms with Gasteiger partial charge in [-0.1, -0.05) is 32.3 Å². The Bertz CT molecular complexity index is 424. The van der Waals surface area contributed by atoms with E-state index in [-0.39, 0.29) is 0 Å². The second kappa shape index (κ2) is 4.04. The second-order valence-corrected chi connectivity index (χ2v) is 6.10. The molecule has 0 N–H and O–H groups in total. The third-order valence-electron chi connectivity index (χ3n) is 4.81. The van der Waals surface area contributed by atoms with Crippen LogP contribution in [0.3, 0.4) is 0 Å². The van der Waals surface area contributed by atoms with E-state index in [0.29, 0.717) is 5.41 Å². The number of fused-ring (bicyclic) bond motifs is 4. The van der Waals surface area contributed by atoms with Crippen molar-refractivity contribution in [2.24, 2.45) is 5.92 Å². The van der Waals surface area contributed by atoms with Gasteiger partial charge in [0, 0.05) is 0 Å². The van der Waals surface area contributed by atoms with Crippen LogP contribution < -0.4 is 4.74 Å². The predicted molar refractivity (Wildman–Crippen MR) is 70.6 cm³/mol. The zero-order valence-corrected chi connectivity index (χ0v) is 11.0. The molecule has 1 heteroatoms. The van der Waals surface area contributed by atoms with Crippen molar-refractivity contribution < 1.29 is 4.74 Å². The molecule has 0 aromatic heterocycles. The maximum atomic E-state index is 5.39. The predicted octanol–water partition coefficient (Wildman–Crippen LogP) is 4.09. The standard InChI is InChI=1S/C16H22O/c1-16-8-4-3-5-12(11-16)9-13-6-7-14(17-2)10-15(13)16/h6-7,10,12H,3-5,8-9,11H2,1-2H3/t12?,16-/m0/s1. The van der Waals surface area contributed by atoms with Gasteiger partial charge in [0.15, 0.2) is 0 Å². The van der Waals surface area contributed by atoms with Crippen molar-refractivity contribution in [2.45, 2.75) is 50.9 Å². The lowest BCUT2D eigenvalue weighted by Crippen LogP contribution is -2.30. The molecule has 0 spiro atoms. The quantitative estimate of drug-likeness (QED) is 0.706. The summed E-state index contributed by atoms with van der Waals surface area (Å²) in [5, 5.41) is 0. The van der Waals surface area contributed by atoms with Gasteiger partial charge in [0.25, 0.3) is 0 Å². The van der Waals surface area contributed by atoms with Gasteiger partial charge in [0.05, 0.1) is 7.11 Å². The molecule has 0 saturated heterocycles. The van der Waals surface area contributed by atoms with Crippen molar-refractivity contribution in [3.05, 3.63) is 29.3 Å². The van der Waals surface area contributed by atoms with Crippen LogP contribution in [0, 0.1) is 5.92 Å². The molecule has 1 nitrogen and oxygen atoms in total. The van der Waals surface area contributed by atoms with E-state index in [9.17, 15) is 0 Å². The maximum Gasteiger partial charge on any atom is 0.119 e. The zero-order chi connectivity index (χ0) is 11.9. The van der Waals surface area contributed by atoms with Gasteiger partial charge in [-0.05, 0) is 53.9 Å². The van der Waals surface area contributed by atoms with Crippen LogP contribution >= 0.6 is 0 Å². The molecule has 2 atom stereocenters. The van der Waals surface area contributed by atoms with Gasteiger partial charge in [-0.15, -0.1) is 0 Å². The summed E-state index contributed by atoms with van der Waals surface area (Å²) >= 11 is 0. The molecule has 92 valence electrons. The van der Waals surface area contributed by atoms with E-state index in [4.69, 9.17) is 4.74 Å². The van der Waals surface area contributed by atoms with E-state index >= 15 is 0 Å². The molecule has 1 aromatic rings. The third-order valence-corrected chi connectivity index (χ3v) is 4.81. The molecule has 0 aliphatic heterocycles. The highest BCUT2D eigenvalue weighted by molar-refractivity contribution is 5.42. The smallest absolute Gasteiger partial charge is 0.119 e. The first-order valence-electron chi connectivity index (χ1n) is 6.89. The summed E-state index contributed by atoms with van der Waals surface area (Å²) in [6.45, 7) is 2.46. The third kappa shape index (κ3) is 1.86. The van der Waals surface area contributed by atoms with Crippen molar-refractivity contribution in [2.75, 3.05) is 7.11 Å². The Morgan fingerprint density at radius 3 is 3.00 bits per heavy atom. The molecule has 17 heavy (non-hydrogen) atoms. The summed E-state index contributed by atoms with van der Waals surface area (Å²) in [6, 6.07) is 6.71. The number of hydrogen-bond acceptors (Lipinski definition) is 1. The first-order chi connectivity index (χ1) is 8.21. The minimum absolute atomic E-state index is 0.406.